The van der Waals surface area contributed by atoms with Gasteiger partial charge < -0.3 is 14.8 Å². The van der Waals surface area contributed by atoms with Gasteiger partial charge in [0.05, 0.1) is 19.8 Å². The highest BCUT2D eigenvalue weighted by Gasteiger charge is 2.16. The van der Waals surface area contributed by atoms with E-state index in [1.165, 1.54) is 11.1 Å². The van der Waals surface area contributed by atoms with Gasteiger partial charge in [-0.15, -0.1) is 0 Å². The van der Waals surface area contributed by atoms with Crippen molar-refractivity contribution >= 4 is 0 Å². The summed E-state index contributed by atoms with van der Waals surface area (Å²) in [5, 5.41) is 3.49. The van der Waals surface area contributed by atoms with E-state index in [1.54, 1.807) is 7.11 Å². The smallest absolute Gasteiger partial charge is 0.123 e. The lowest BCUT2D eigenvalue weighted by molar-refractivity contribution is 0.0895. The van der Waals surface area contributed by atoms with E-state index in [0.29, 0.717) is 12.0 Å². The highest BCUT2D eigenvalue weighted by Crippen LogP contribution is 2.27. The van der Waals surface area contributed by atoms with Crippen molar-refractivity contribution in [1.29, 1.82) is 0 Å². The van der Waals surface area contributed by atoms with E-state index in [4.69, 9.17) is 9.47 Å². The second-order valence-corrected chi connectivity index (χ2v) is 6.74. The largest absolute Gasteiger partial charge is 0.496 e. The summed E-state index contributed by atoms with van der Waals surface area (Å²) < 4.78 is 11.4. The predicted molar refractivity (Wildman–Crippen MR) is 89.0 cm³/mol. The van der Waals surface area contributed by atoms with Crippen LogP contribution in [0.25, 0.3) is 0 Å². The minimum Gasteiger partial charge on any atom is -0.496 e. The molecule has 0 aliphatic carbocycles. The molecule has 3 nitrogen and oxygen atoms in total. The molecule has 1 atom stereocenters. The summed E-state index contributed by atoms with van der Waals surface area (Å²) in [6, 6.07) is 6.46. The molecular weight excluding hydrogens is 262 g/mol. The molecule has 1 aromatic carbocycles. The first kappa shape index (κ1) is 18.0. The molecule has 0 saturated carbocycles. The number of hydrogen-bond donors (Lipinski definition) is 1. The van der Waals surface area contributed by atoms with Crippen molar-refractivity contribution < 1.29 is 9.47 Å². The van der Waals surface area contributed by atoms with Crippen molar-refractivity contribution in [2.24, 2.45) is 5.41 Å². The van der Waals surface area contributed by atoms with Crippen molar-refractivity contribution in [3.8, 4) is 5.75 Å². The van der Waals surface area contributed by atoms with Gasteiger partial charge in [0, 0.05) is 12.2 Å². The molecule has 0 spiro atoms. The van der Waals surface area contributed by atoms with E-state index < -0.39 is 0 Å². The van der Waals surface area contributed by atoms with Crippen molar-refractivity contribution in [3.05, 3.63) is 29.3 Å². The number of aryl methyl sites for hydroxylation is 1. The molecular formula is C18H31NO2. The summed E-state index contributed by atoms with van der Waals surface area (Å²) in [7, 11) is 1.72. The lowest BCUT2D eigenvalue weighted by Crippen LogP contribution is -2.26. The maximum absolute atomic E-state index is 5.90. The minimum atomic E-state index is 0.171. The van der Waals surface area contributed by atoms with Gasteiger partial charge in [-0.25, -0.2) is 0 Å². The van der Waals surface area contributed by atoms with Gasteiger partial charge in [-0.1, -0.05) is 45.4 Å². The van der Waals surface area contributed by atoms with Crippen LogP contribution in [0, 0.1) is 12.3 Å². The highest BCUT2D eigenvalue weighted by atomic mass is 16.5. The molecule has 1 rings (SSSR count). The monoisotopic (exact) mass is 293 g/mol. The number of benzene rings is 1. The number of nitrogens with one attached hydrogen (secondary N) is 1. The number of rotatable bonds is 8. The van der Waals surface area contributed by atoms with Crippen LogP contribution < -0.4 is 10.1 Å². The van der Waals surface area contributed by atoms with E-state index in [0.717, 1.165) is 25.3 Å². The van der Waals surface area contributed by atoms with E-state index in [1.807, 2.05) is 6.07 Å². The van der Waals surface area contributed by atoms with Gasteiger partial charge in [0.15, 0.2) is 0 Å². The third-order valence-corrected chi connectivity index (χ3v) is 3.49. The Morgan fingerprint density at radius 2 is 1.95 bits per heavy atom. The Morgan fingerprint density at radius 3 is 2.52 bits per heavy atom. The number of hydrogen-bond acceptors (Lipinski definition) is 3. The Balaban J connectivity index is 2.70. The standard InChI is InChI=1S/C18H31NO2/c1-7-19-16(13-21-11-10-18(3,4)5)15-12-14(2)8-9-17(15)20-6/h8-9,12,16,19H,7,10-11,13H2,1-6H3. The predicted octanol–water partition coefficient (Wildman–Crippen LogP) is 4.11. The van der Waals surface area contributed by atoms with Crippen molar-refractivity contribution in [1.82, 2.24) is 5.32 Å². The van der Waals surface area contributed by atoms with Crippen LogP contribution in [0.4, 0.5) is 0 Å². The third-order valence-electron chi connectivity index (χ3n) is 3.49. The fraction of sp³-hybridized carbons (Fsp3) is 0.667. The lowest BCUT2D eigenvalue weighted by Gasteiger charge is -2.23. The Hall–Kier alpha value is -1.06. The zero-order valence-electron chi connectivity index (χ0n) is 14.5. The molecule has 0 heterocycles. The van der Waals surface area contributed by atoms with Crippen LogP contribution in [0.2, 0.25) is 0 Å². The maximum atomic E-state index is 5.90. The number of ether oxygens (including phenoxy) is 2. The minimum absolute atomic E-state index is 0.171. The van der Waals surface area contributed by atoms with Crippen molar-refractivity contribution in [3.63, 3.8) is 0 Å². The Morgan fingerprint density at radius 1 is 1.24 bits per heavy atom. The third kappa shape index (κ3) is 6.49. The van der Waals surface area contributed by atoms with E-state index in [9.17, 15) is 0 Å². The lowest BCUT2D eigenvalue weighted by atomic mass is 9.93. The molecule has 0 saturated heterocycles. The molecule has 120 valence electrons. The number of likely N-dealkylation sites (N-methyl/N-ethyl adjacent to an activating group) is 1. The summed E-state index contributed by atoms with van der Waals surface area (Å²) in [5.74, 6) is 0.922. The molecule has 0 aromatic heterocycles. The average Bonchev–Trinajstić information content (AvgIpc) is 2.41. The van der Waals surface area contributed by atoms with Gasteiger partial charge in [0.25, 0.3) is 0 Å². The summed E-state index contributed by atoms with van der Waals surface area (Å²) >= 11 is 0. The van der Waals surface area contributed by atoms with Crippen LogP contribution in [-0.2, 0) is 4.74 Å². The van der Waals surface area contributed by atoms with Gasteiger partial charge in [0.1, 0.15) is 5.75 Å². The first-order valence-corrected chi connectivity index (χ1v) is 7.83. The number of methoxy groups -OCH3 is 1. The van der Waals surface area contributed by atoms with Crippen LogP contribution in [0.1, 0.15) is 51.3 Å². The summed E-state index contributed by atoms with van der Waals surface area (Å²) in [5.41, 5.74) is 2.73. The van der Waals surface area contributed by atoms with Crippen LogP contribution in [0.15, 0.2) is 18.2 Å². The van der Waals surface area contributed by atoms with Crippen molar-refractivity contribution in [2.45, 2.75) is 47.1 Å². The molecule has 0 radical (unpaired) electrons. The molecule has 0 aliphatic heterocycles. The maximum Gasteiger partial charge on any atom is 0.123 e. The van der Waals surface area contributed by atoms with Gasteiger partial charge in [-0.3, -0.25) is 0 Å². The zero-order valence-corrected chi connectivity index (χ0v) is 14.5. The summed E-state index contributed by atoms with van der Waals surface area (Å²) in [6.07, 6.45) is 1.07. The molecule has 21 heavy (non-hydrogen) atoms. The normalized spacial score (nSPS) is 13.2. The van der Waals surface area contributed by atoms with Gasteiger partial charge >= 0.3 is 0 Å². The molecule has 0 amide bonds. The first-order chi connectivity index (χ1) is 9.87. The average molecular weight is 293 g/mol. The van der Waals surface area contributed by atoms with Crippen molar-refractivity contribution in [2.75, 3.05) is 26.9 Å². The van der Waals surface area contributed by atoms with Crippen LogP contribution in [0.3, 0.4) is 0 Å². The molecule has 1 unspecified atom stereocenters. The Labute approximate surface area is 130 Å². The van der Waals surface area contributed by atoms with Gasteiger partial charge in [-0.2, -0.15) is 0 Å². The fourth-order valence-electron chi connectivity index (χ4n) is 2.21. The molecule has 3 heteroatoms. The Kier molecular flexibility index (Phi) is 7.20. The summed E-state index contributed by atoms with van der Waals surface area (Å²) in [6.45, 7) is 13.3. The molecule has 0 aliphatic rings. The van der Waals surface area contributed by atoms with Crippen LogP contribution in [-0.4, -0.2) is 26.9 Å². The highest BCUT2D eigenvalue weighted by molar-refractivity contribution is 5.39. The van der Waals surface area contributed by atoms with E-state index >= 15 is 0 Å². The fourth-order valence-corrected chi connectivity index (χ4v) is 2.21. The molecule has 1 N–H and O–H groups in total. The summed E-state index contributed by atoms with van der Waals surface area (Å²) in [4.78, 5) is 0. The second kappa shape index (κ2) is 8.40. The second-order valence-electron chi connectivity index (χ2n) is 6.74. The van der Waals surface area contributed by atoms with Gasteiger partial charge in [0.2, 0.25) is 0 Å². The Bertz CT molecular complexity index is 424. The van der Waals surface area contributed by atoms with E-state index in [-0.39, 0.29) is 6.04 Å². The molecule has 1 aromatic rings. The zero-order chi connectivity index (χ0) is 15.9. The van der Waals surface area contributed by atoms with E-state index in [2.05, 4.69) is 52.1 Å². The van der Waals surface area contributed by atoms with Crippen LogP contribution in [0.5, 0.6) is 5.75 Å². The van der Waals surface area contributed by atoms with Gasteiger partial charge in [-0.05, 0) is 31.4 Å². The first-order valence-electron chi connectivity index (χ1n) is 7.83. The SMILES string of the molecule is CCNC(COCCC(C)(C)C)c1cc(C)ccc1OC. The molecule has 0 bridgehead atoms. The molecule has 0 fully saturated rings. The van der Waals surface area contributed by atoms with Crippen LogP contribution >= 0.6 is 0 Å². The topological polar surface area (TPSA) is 30.5 Å². The quantitative estimate of drug-likeness (QED) is 0.732.